The van der Waals surface area contributed by atoms with E-state index in [1.165, 1.54) is 6.92 Å². The quantitative estimate of drug-likeness (QED) is 0.450. The van der Waals surface area contributed by atoms with Gasteiger partial charge in [0.1, 0.15) is 16.9 Å². The van der Waals surface area contributed by atoms with Crippen LogP contribution in [0.5, 0.6) is 0 Å². The number of fused-ring (bicyclic) bond motifs is 1. The molecule has 3 amide bonds. The molecule has 0 atom stereocenters. The Hall–Kier alpha value is -3.95. The van der Waals surface area contributed by atoms with Gasteiger partial charge in [-0.25, -0.2) is 9.59 Å². The van der Waals surface area contributed by atoms with Crippen molar-refractivity contribution in [3.05, 3.63) is 52.3 Å². The number of nitrogens with one attached hydrogen (secondary N) is 1. The number of nitrogens with zero attached hydrogens (tertiary/aromatic N) is 1. The Morgan fingerprint density at radius 3 is 2.03 bits per heavy atom. The minimum Gasteiger partial charge on any atom is -0.462 e. The maximum atomic E-state index is 12.5. The molecule has 1 aliphatic heterocycles. The minimum atomic E-state index is -0.835. The standard InChI is InChI=1S/C23H24N2O8/c1-4-31-22(29)17-13(3)33-19(18(17)23(30)32-5-2)24-16(26)11-8-12-25-20(27)14-9-6-7-10-15(14)21(25)28/h6-7,9-10H,4-5,8,11-12H2,1-3H3,(H,24,26). The van der Waals surface area contributed by atoms with Gasteiger partial charge in [-0.05, 0) is 39.3 Å². The topological polar surface area (TPSA) is 132 Å². The molecular weight excluding hydrogens is 432 g/mol. The molecule has 0 bridgehead atoms. The van der Waals surface area contributed by atoms with Crippen LogP contribution in [0, 0.1) is 6.92 Å². The molecule has 174 valence electrons. The van der Waals surface area contributed by atoms with E-state index in [2.05, 4.69) is 5.32 Å². The number of ether oxygens (including phenoxy) is 2. The molecule has 1 aromatic heterocycles. The van der Waals surface area contributed by atoms with Gasteiger partial charge in [-0.1, -0.05) is 12.1 Å². The zero-order valence-corrected chi connectivity index (χ0v) is 18.6. The number of imide groups is 1. The van der Waals surface area contributed by atoms with E-state index in [1.54, 1.807) is 38.1 Å². The van der Waals surface area contributed by atoms with Gasteiger partial charge < -0.3 is 13.9 Å². The summed E-state index contributed by atoms with van der Waals surface area (Å²) in [7, 11) is 0. The molecule has 0 fully saturated rings. The van der Waals surface area contributed by atoms with Crippen LogP contribution >= 0.6 is 0 Å². The molecular formula is C23H24N2O8. The second kappa shape index (κ2) is 10.1. The molecule has 0 unspecified atom stereocenters. The van der Waals surface area contributed by atoms with Gasteiger partial charge in [0.05, 0.1) is 24.3 Å². The molecule has 2 aromatic rings. The number of carbonyl (C=O) groups excluding carboxylic acids is 5. The number of hydrogen-bond acceptors (Lipinski definition) is 8. The number of amides is 3. The lowest BCUT2D eigenvalue weighted by Gasteiger charge is -2.13. The van der Waals surface area contributed by atoms with E-state index in [0.717, 1.165) is 4.90 Å². The van der Waals surface area contributed by atoms with E-state index in [-0.39, 0.29) is 55.4 Å². The SMILES string of the molecule is CCOC(=O)c1c(C)oc(NC(=O)CCCN2C(=O)c3ccccc3C2=O)c1C(=O)OCC. The smallest absolute Gasteiger partial charge is 0.344 e. The number of esters is 2. The number of furan rings is 1. The first kappa shape index (κ1) is 23.7. The summed E-state index contributed by atoms with van der Waals surface area (Å²) in [5.74, 6) is -3.06. The molecule has 0 aliphatic carbocycles. The first-order chi connectivity index (χ1) is 15.8. The van der Waals surface area contributed by atoms with Crippen LogP contribution in [0.25, 0.3) is 0 Å². The van der Waals surface area contributed by atoms with E-state index in [4.69, 9.17) is 13.9 Å². The van der Waals surface area contributed by atoms with Crippen molar-refractivity contribution in [1.82, 2.24) is 4.90 Å². The molecule has 2 heterocycles. The normalized spacial score (nSPS) is 12.5. The molecule has 0 spiro atoms. The van der Waals surface area contributed by atoms with Crippen molar-refractivity contribution in [2.75, 3.05) is 25.1 Å². The third kappa shape index (κ3) is 4.79. The summed E-state index contributed by atoms with van der Waals surface area (Å²) in [5.41, 5.74) is 0.338. The predicted molar refractivity (Wildman–Crippen MR) is 115 cm³/mol. The van der Waals surface area contributed by atoms with Crippen molar-refractivity contribution >= 4 is 35.5 Å². The maximum absolute atomic E-state index is 12.5. The fourth-order valence-electron chi connectivity index (χ4n) is 3.51. The van der Waals surface area contributed by atoms with Gasteiger partial charge in [-0.15, -0.1) is 0 Å². The van der Waals surface area contributed by atoms with Crippen molar-refractivity contribution < 1.29 is 37.9 Å². The van der Waals surface area contributed by atoms with E-state index >= 15 is 0 Å². The second-order valence-corrected chi connectivity index (χ2v) is 7.14. The maximum Gasteiger partial charge on any atom is 0.344 e. The van der Waals surface area contributed by atoms with Crippen molar-refractivity contribution in [2.45, 2.75) is 33.6 Å². The molecule has 0 saturated carbocycles. The zero-order chi connectivity index (χ0) is 24.1. The van der Waals surface area contributed by atoms with Gasteiger partial charge in [0.15, 0.2) is 0 Å². The van der Waals surface area contributed by atoms with Crippen molar-refractivity contribution in [2.24, 2.45) is 0 Å². The molecule has 10 heteroatoms. The van der Waals surface area contributed by atoms with Crippen LogP contribution in [0.3, 0.4) is 0 Å². The summed E-state index contributed by atoms with van der Waals surface area (Å²) in [6.45, 7) is 4.88. The molecule has 1 aliphatic rings. The van der Waals surface area contributed by atoms with Crippen LogP contribution < -0.4 is 5.32 Å². The van der Waals surface area contributed by atoms with Crippen molar-refractivity contribution in [3.63, 3.8) is 0 Å². The third-order valence-electron chi connectivity index (χ3n) is 4.96. The lowest BCUT2D eigenvalue weighted by Crippen LogP contribution is -2.31. The van der Waals surface area contributed by atoms with Gasteiger partial charge in [-0.2, -0.15) is 0 Å². The average molecular weight is 456 g/mol. The Labute approximate surface area is 189 Å². The summed E-state index contributed by atoms with van der Waals surface area (Å²) >= 11 is 0. The lowest BCUT2D eigenvalue weighted by atomic mass is 10.1. The number of anilines is 1. The highest BCUT2D eigenvalue weighted by atomic mass is 16.5. The Bertz CT molecular complexity index is 1080. The minimum absolute atomic E-state index is 0.0513. The second-order valence-electron chi connectivity index (χ2n) is 7.14. The Balaban J connectivity index is 1.67. The highest BCUT2D eigenvalue weighted by Gasteiger charge is 2.35. The van der Waals surface area contributed by atoms with Gasteiger partial charge >= 0.3 is 11.9 Å². The van der Waals surface area contributed by atoms with Crippen LogP contribution in [-0.2, 0) is 14.3 Å². The number of benzene rings is 1. The van der Waals surface area contributed by atoms with Gasteiger partial charge in [-0.3, -0.25) is 24.6 Å². The predicted octanol–water partition coefficient (Wildman–Crippen LogP) is 2.96. The van der Waals surface area contributed by atoms with E-state index in [9.17, 15) is 24.0 Å². The molecule has 10 nitrogen and oxygen atoms in total. The Morgan fingerprint density at radius 2 is 1.48 bits per heavy atom. The first-order valence-electron chi connectivity index (χ1n) is 10.5. The van der Waals surface area contributed by atoms with E-state index in [0.29, 0.717) is 11.1 Å². The monoisotopic (exact) mass is 456 g/mol. The first-order valence-corrected chi connectivity index (χ1v) is 10.5. The number of rotatable bonds is 9. The average Bonchev–Trinajstić information content (AvgIpc) is 3.23. The van der Waals surface area contributed by atoms with Gasteiger partial charge in [0.25, 0.3) is 11.8 Å². The summed E-state index contributed by atoms with van der Waals surface area (Å²) < 4.78 is 15.4. The van der Waals surface area contributed by atoms with E-state index < -0.39 is 29.7 Å². The number of carbonyl (C=O) groups is 5. The summed E-state index contributed by atoms with van der Waals surface area (Å²) in [6, 6.07) is 6.52. The van der Waals surface area contributed by atoms with Gasteiger partial charge in [0, 0.05) is 13.0 Å². The Morgan fingerprint density at radius 1 is 0.939 bits per heavy atom. The molecule has 33 heavy (non-hydrogen) atoms. The molecule has 1 aromatic carbocycles. The molecule has 0 radical (unpaired) electrons. The fourth-order valence-corrected chi connectivity index (χ4v) is 3.51. The highest BCUT2D eigenvalue weighted by molar-refractivity contribution is 6.21. The molecule has 1 N–H and O–H groups in total. The Kier molecular flexibility index (Phi) is 7.27. The summed E-state index contributed by atoms with van der Waals surface area (Å²) in [5, 5.41) is 2.47. The lowest BCUT2D eigenvalue weighted by molar-refractivity contribution is -0.116. The number of hydrogen-bond donors (Lipinski definition) is 1. The van der Waals surface area contributed by atoms with Crippen molar-refractivity contribution in [1.29, 1.82) is 0 Å². The summed E-state index contributed by atoms with van der Waals surface area (Å²) in [4.78, 5) is 63.1. The van der Waals surface area contributed by atoms with Crippen LogP contribution in [0.15, 0.2) is 28.7 Å². The van der Waals surface area contributed by atoms with E-state index in [1.807, 2.05) is 0 Å². The number of aryl methyl sites for hydroxylation is 1. The molecule has 3 rings (SSSR count). The third-order valence-corrected chi connectivity index (χ3v) is 4.96. The highest BCUT2D eigenvalue weighted by Crippen LogP contribution is 2.29. The summed E-state index contributed by atoms with van der Waals surface area (Å²) in [6.07, 6.45) is 0.126. The largest absolute Gasteiger partial charge is 0.462 e. The van der Waals surface area contributed by atoms with Crippen LogP contribution in [0.2, 0.25) is 0 Å². The van der Waals surface area contributed by atoms with Crippen LogP contribution in [0.4, 0.5) is 5.88 Å². The van der Waals surface area contributed by atoms with Crippen molar-refractivity contribution in [3.8, 4) is 0 Å². The zero-order valence-electron chi connectivity index (χ0n) is 18.6. The van der Waals surface area contributed by atoms with Crippen LogP contribution in [0.1, 0.15) is 73.9 Å². The van der Waals surface area contributed by atoms with Gasteiger partial charge in [0.2, 0.25) is 11.8 Å². The van der Waals surface area contributed by atoms with Crippen LogP contribution in [-0.4, -0.2) is 54.3 Å². The fraction of sp³-hybridized carbons (Fsp3) is 0.348. The molecule has 0 saturated heterocycles.